The molecule has 1 heterocycles. The Morgan fingerprint density at radius 1 is 1.30 bits per heavy atom. The van der Waals surface area contributed by atoms with Crippen LogP contribution < -0.4 is 5.46 Å². The van der Waals surface area contributed by atoms with Gasteiger partial charge in [-0.15, -0.1) is 0 Å². The van der Waals surface area contributed by atoms with Crippen LogP contribution >= 0.6 is 0 Å². The largest absolute Gasteiger partial charge is 0.557 e. The monoisotopic (exact) mass is 129 g/mol. The highest BCUT2D eigenvalue weighted by atomic mass is 16.4. The third-order valence-electron chi connectivity index (χ3n) is 1.58. The highest BCUT2D eigenvalue weighted by Crippen LogP contribution is 2.01. The van der Waals surface area contributed by atoms with Crippen molar-refractivity contribution in [3.05, 3.63) is 36.1 Å². The van der Waals surface area contributed by atoms with E-state index in [9.17, 15) is 0 Å². The molecule has 1 radical (unpaired) electrons. The summed E-state index contributed by atoms with van der Waals surface area (Å²) in [6, 6.07) is 8.15. The topological polar surface area (TPSA) is 9.23 Å². The van der Waals surface area contributed by atoms with Crippen LogP contribution in [0.15, 0.2) is 24.3 Å². The van der Waals surface area contributed by atoms with Crippen LogP contribution in [0, 0.1) is 6.26 Å². The van der Waals surface area contributed by atoms with Crippen molar-refractivity contribution in [1.29, 1.82) is 0 Å². The first kappa shape index (κ1) is 5.60. The molecule has 1 nitrogen and oxygen atoms in total. The third-order valence-corrected chi connectivity index (χ3v) is 1.58. The zero-order valence-electron chi connectivity index (χ0n) is 5.50. The van der Waals surface area contributed by atoms with Crippen molar-refractivity contribution in [2.75, 3.05) is 0 Å². The molecule has 1 aromatic carbocycles. The van der Waals surface area contributed by atoms with Crippen LogP contribution in [0.4, 0.5) is 0 Å². The molecule has 1 aromatic rings. The van der Waals surface area contributed by atoms with E-state index in [4.69, 9.17) is 4.65 Å². The average molecular weight is 129 g/mol. The first-order chi connectivity index (χ1) is 4.97. The fourth-order valence-electron chi connectivity index (χ4n) is 1.03. The predicted molar refractivity (Wildman–Crippen MR) is 42.0 cm³/mol. The van der Waals surface area contributed by atoms with E-state index < -0.39 is 0 Å². The third kappa shape index (κ3) is 0.818. The molecule has 0 unspecified atom stereocenters. The number of hydrogen-bond donors (Lipinski definition) is 0. The summed E-state index contributed by atoms with van der Waals surface area (Å²) in [5, 5.41) is 0. The van der Waals surface area contributed by atoms with Crippen LogP contribution in [0.25, 0.3) is 6.08 Å². The normalized spacial score (nSPS) is 13.2. The van der Waals surface area contributed by atoms with Crippen molar-refractivity contribution in [2.45, 2.75) is 0 Å². The van der Waals surface area contributed by atoms with Crippen LogP contribution in [0.3, 0.4) is 0 Å². The Hall–Kier alpha value is -1.18. The molecular formula is C8H6BO. The molecule has 0 saturated heterocycles. The molecular weight excluding hydrogens is 123 g/mol. The van der Waals surface area contributed by atoms with Crippen molar-refractivity contribution in [3.63, 3.8) is 0 Å². The van der Waals surface area contributed by atoms with E-state index in [1.165, 1.54) is 11.0 Å². The number of hydrogen-bond acceptors (Lipinski definition) is 1. The van der Waals surface area contributed by atoms with Gasteiger partial charge in [-0.05, 0) is 17.1 Å². The molecule has 2 heteroatoms. The van der Waals surface area contributed by atoms with Crippen molar-refractivity contribution < 1.29 is 4.65 Å². The van der Waals surface area contributed by atoms with E-state index in [-0.39, 0.29) is 0 Å². The molecule has 2 rings (SSSR count). The smallest absolute Gasteiger partial charge is 0.374 e. The fourth-order valence-corrected chi connectivity index (χ4v) is 1.03. The van der Waals surface area contributed by atoms with E-state index in [2.05, 4.69) is 18.4 Å². The van der Waals surface area contributed by atoms with E-state index in [0.717, 1.165) is 0 Å². The van der Waals surface area contributed by atoms with Crippen molar-refractivity contribution >= 4 is 19.0 Å². The van der Waals surface area contributed by atoms with Crippen molar-refractivity contribution in [1.82, 2.24) is 0 Å². The Balaban J connectivity index is 2.54. The van der Waals surface area contributed by atoms with Gasteiger partial charge >= 0.3 is 7.48 Å². The maximum atomic E-state index is 4.99. The molecule has 0 amide bonds. The molecule has 47 valence electrons. The van der Waals surface area contributed by atoms with E-state index >= 15 is 0 Å². The minimum absolute atomic E-state index is 0.659. The molecule has 1 aliphatic heterocycles. The zero-order valence-corrected chi connectivity index (χ0v) is 5.50. The molecule has 0 aromatic heterocycles. The van der Waals surface area contributed by atoms with Gasteiger partial charge in [0.2, 0.25) is 0 Å². The quantitative estimate of drug-likeness (QED) is 0.462. The van der Waals surface area contributed by atoms with E-state index in [0.29, 0.717) is 7.48 Å². The first-order valence-corrected chi connectivity index (χ1v) is 3.25. The second-order valence-corrected chi connectivity index (χ2v) is 2.25. The summed E-state index contributed by atoms with van der Waals surface area (Å²) in [7, 11) is 0.659. The molecule has 0 spiro atoms. The van der Waals surface area contributed by atoms with Gasteiger partial charge < -0.3 is 4.65 Å². The van der Waals surface area contributed by atoms with Gasteiger partial charge in [-0.3, -0.25) is 0 Å². The van der Waals surface area contributed by atoms with Crippen LogP contribution in [-0.4, -0.2) is 7.48 Å². The number of fused-ring (bicyclic) bond motifs is 1. The zero-order chi connectivity index (χ0) is 6.81. The van der Waals surface area contributed by atoms with Gasteiger partial charge in [0.25, 0.3) is 0 Å². The summed E-state index contributed by atoms with van der Waals surface area (Å²) in [4.78, 5) is 0. The molecule has 0 N–H and O–H groups in total. The van der Waals surface area contributed by atoms with Crippen LogP contribution in [0.2, 0.25) is 0 Å². The van der Waals surface area contributed by atoms with Gasteiger partial charge in [0, 0.05) is 0 Å². The Labute approximate surface area is 60.6 Å². The van der Waals surface area contributed by atoms with E-state index in [1.54, 1.807) is 0 Å². The summed E-state index contributed by atoms with van der Waals surface area (Å²) in [5.41, 5.74) is 2.45. The lowest BCUT2D eigenvalue weighted by Gasteiger charge is -2.07. The highest BCUT2D eigenvalue weighted by molar-refractivity contribution is 6.48. The molecule has 0 saturated carbocycles. The summed E-state index contributed by atoms with van der Waals surface area (Å²) in [6.45, 7) is 0. The molecule has 0 atom stereocenters. The number of rotatable bonds is 0. The summed E-state index contributed by atoms with van der Waals surface area (Å²) >= 11 is 0. The first-order valence-electron chi connectivity index (χ1n) is 3.25. The number of benzene rings is 1. The highest BCUT2D eigenvalue weighted by Gasteiger charge is 2.04. The van der Waals surface area contributed by atoms with Gasteiger partial charge in [0.05, 0.1) is 0 Å². The second-order valence-electron chi connectivity index (χ2n) is 2.25. The SMILES string of the molecule is B1O[C]=Cc2ccccc21. The minimum Gasteiger partial charge on any atom is -0.557 e. The Morgan fingerprint density at radius 3 is 3.10 bits per heavy atom. The van der Waals surface area contributed by atoms with Gasteiger partial charge in [0.15, 0.2) is 0 Å². The predicted octanol–water partition coefficient (Wildman–Crippen LogP) is 0.467. The van der Waals surface area contributed by atoms with Crippen LogP contribution in [0.5, 0.6) is 0 Å². The summed E-state index contributed by atoms with van der Waals surface area (Å²) in [5.74, 6) is 0. The van der Waals surface area contributed by atoms with Gasteiger partial charge in [0.1, 0.15) is 6.26 Å². The standard InChI is InChI=1S/C8H6BO/c1-2-4-8-7(3-1)5-6-10-9-8/h1-5,9H. The summed E-state index contributed by atoms with van der Waals surface area (Å²) in [6.07, 6.45) is 4.58. The molecule has 10 heavy (non-hydrogen) atoms. The summed E-state index contributed by atoms with van der Waals surface area (Å²) < 4.78 is 4.99. The van der Waals surface area contributed by atoms with Gasteiger partial charge in [-0.25, -0.2) is 0 Å². The maximum Gasteiger partial charge on any atom is 0.374 e. The van der Waals surface area contributed by atoms with Crippen molar-refractivity contribution in [2.24, 2.45) is 0 Å². The maximum absolute atomic E-state index is 4.99. The fraction of sp³-hybridized carbons (Fsp3) is 0. The van der Waals surface area contributed by atoms with Gasteiger partial charge in [-0.1, -0.05) is 24.3 Å². The lowest BCUT2D eigenvalue weighted by molar-refractivity contribution is 0.495. The lowest BCUT2D eigenvalue weighted by Crippen LogP contribution is -2.21. The van der Waals surface area contributed by atoms with Crippen LogP contribution in [-0.2, 0) is 4.65 Å². The molecule has 0 bridgehead atoms. The Bertz CT molecular complexity index is 268. The molecule has 1 aliphatic rings. The molecule has 0 aliphatic carbocycles. The van der Waals surface area contributed by atoms with Gasteiger partial charge in [-0.2, -0.15) is 0 Å². The average Bonchev–Trinajstić information content (AvgIpc) is 2.05. The second kappa shape index (κ2) is 2.22. The van der Waals surface area contributed by atoms with E-state index in [1.807, 2.05) is 18.2 Å². The Morgan fingerprint density at radius 2 is 2.20 bits per heavy atom. The molecule has 0 fully saturated rings. The van der Waals surface area contributed by atoms with Crippen molar-refractivity contribution in [3.8, 4) is 0 Å². The minimum atomic E-state index is 0.659. The van der Waals surface area contributed by atoms with Crippen LogP contribution in [0.1, 0.15) is 5.56 Å². The Kier molecular flexibility index (Phi) is 1.24. The lowest BCUT2D eigenvalue weighted by atomic mass is 9.82.